The Morgan fingerprint density at radius 3 is 3.08 bits per heavy atom. The van der Waals surface area contributed by atoms with Gasteiger partial charge in [0.25, 0.3) is 0 Å². The minimum atomic E-state index is -0.0327. The van der Waals surface area contributed by atoms with E-state index < -0.39 is 0 Å². The summed E-state index contributed by atoms with van der Waals surface area (Å²) in [5.41, 5.74) is 2.10. The molecule has 0 aromatic carbocycles. The molecule has 1 aliphatic rings. The van der Waals surface area contributed by atoms with E-state index in [0.717, 1.165) is 43.7 Å². The lowest BCUT2D eigenvalue weighted by Gasteiger charge is -2.20. The molecule has 0 radical (unpaired) electrons. The molecule has 1 saturated heterocycles. The number of rotatable bonds is 7. The molecule has 0 bridgehead atoms. The molecular formula is C17H27ClN6O. The van der Waals surface area contributed by atoms with Crippen LogP contribution in [0.2, 0.25) is 0 Å². The second-order valence-corrected chi connectivity index (χ2v) is 6.37. The van der Waals surface area contributed by atoms with E-state index in [1.54, 1.807) is 10.9 Å². The minimum Gasteiger partial charge on any atom is -0.350 e. The number of amides is 1. The molecule has 2 aromatic heterocycles. The Bertz CT molecular complexity index is 662. The highest BCUT2D eigenvalue weighted by Crippen LogP contribution is 2.21. The molecule has 1 atom stereocenters. The van der Waals surface area contributed by atoms with Gasteiger partial charge < -0.3 is 10.6 Å². The van der Waals surface area contributed by atoms with Gasteiger partial charge in [0.1, 0.15) is 6.54 Å². The lowest BCUT2D eigenvalue weighted by Crippen LogP contribution is -2.29. The zero-order valence-corrected chi connectivity index (χ0v) is 15.5. The maximum atomic E-state index is 12.1. The second kappa shape index (κ2) is 9.58. The van der Waals surface area contributed by atoms with Crippen LogP contribution >= 0.6 is 12.4 Å². The lowest BCUT2D eigenvalue weighted by atomic mass is 9.97. The lowest BCUT2D eigenvalue weighted by molar-refractivity contribution is -0.122. The molecule has 7 nitrogen and oxygen atoms in total. The predicted molar refractivity (Wildman–Crippen MR) is 98.7 cm³/mol. The molecule has 0 aliphatic carbocycles. The maximum absolute atomic E-state index is 12.1. The molecule has 3 rings (SSSR count). The molecule has 8 heteroatoms. The zero-order chi connectivity index (χ0) is 16.8. The van der Waals surface area contributed by atoms with Crippen LogP contribution in [0.1, 0.15) is 43.4 Å². The van der Waals surface area contributed by atoms with E-state index in [9.17, 15) is 4.79 Å². The van der Waals surface area contributed by atoms with Crippen LogP contribution in [-0.2, 0) is 24.4 Å². The summed E-state index contributed by atoms with van der Waals surface area (Å²) in [5.74, 6) is 0.433. The normalized spacial score (nSPS) is 17.1. The molecule has 1 fully saturated rings. The highest BCUT2D eigenvalue weighted by Gasteiger charge is 2.17. The summed E-state index contributed by atoms with van der Waals surface area (Å²) >= 11 is 0. The van der Waals surface area contributed by atoms with Crippen LogP contribution in [0.3, 0.4) is 0 Å². The van der Waals surface area contributed by atoms with Gasteiger partial charge in [0.2, 0.25) is 5.91 Å². The van der Waals surface area contributed by atoms with Gasteiger partial charge >= 0.3 is 0 Å². The summed E-state index contributed by atoms with van der Waals surface area (Å²) in [4.78, 5) is 12.1. The summed E-state index contributed by atoms with van der Waals surface area (Å²) in [6.45, 7) is 5.84. The number of carbonyl (C=O) groups is 1. The zero-order valence-electron chi connectivity index (χ0n) is 14.6. The van der Waals surface area contributed by atoms with Crippen LogP contribution < -0.4 is 10.6 Å². The molecule has 1 aliphatic heterocycles. The van der Waals surface area contributed by atoms with Crippen molar-refractivity contribution in [2.75, 3.05) is 13.1 Å². The number of nitrogens with one attached hydrogen (secondary N) is 2. The second-order valence-electron chi connectivity index (χ2n) is 6.37. The number of aryl methyl sites for hydroxylation is 1. The van der Waals surface area contributed by atoms with E-state index in [1.165, 1.54) is 6.42 Å². The molecule has 1 amide bonds. The molecule has 2 N–H and O–H groups in total. The average molecular weight is 367 g/mol. The first-order valence-electron chi connectivity index (χ1n) is 8.76. The van der Waals surface area contributed by atoms with E-state index in [2.05, 4.69) is 27.8 Å². The largest absolute Gasteiger partial charge is 0.350 e. The fourth-order valence-electron chi connectivity index (χ4n) is 3.04. The Labute approximate surface area is 154 Å². The maximum Gasteiger partial charge on any atom is 0.241 e. The van der Waals surface area contributed by atoms with Gasteiger partial charge in [-0.2, -0.15) is 10.2 Å². The van der Waals surface area contributed by atoms with Crippen molar-refractivity contribution >= 4 is 18.3 Å². The molecular weight excluding hydrogens is 340 g/mol. The molecule has 25 heavy (non-hydrogen) atoms. The summed E-state index contributed by atoms with van der Waals surface area (Å²) < 4.78 is 3.62. The first-order chi connectivity index (χ1) is 11.7. The number of hydrogen-bond donors (Lipinski definition) is 2. The molecule has 138 valence electrons. The van der Waals surface area contributed by atoms with Gasteiger partial charge in [0.05, 0.1) is 11.9 Å². The Kier molecular flexibility index (Phi) is 7.46. The summed E-state index contributed by atoms with van der Waals surface area (Å²) in [7, 11) is 0. The number of nitrogens with zero attached hydrogens (tertiary/aromatic N) is 4. The smallest absolute Gasteiger partial charge is 0.241 e. The monoisotopic (exact) mass is 366 g/mol. The van der Waals surface area contributed by atoms with Crippen LogP contribution in [0.25, 0.3) is 0 Å². The Morgan fingerprint density at radius 2 is 2.32 bits per heavy atom. The standard InChI is InChI=1S/C17H26N6O.ClH/c1-2-7-22-12-14(10-20-22)9-19-17(24)13-23-8-5-16(21-23)15-4-3-6-18-11-15;/h5,8,10,12,15,18H,2-4,6-7,9,11,13H2,1H3,(H,19,24);1H. The highest BCUT2D eigenvalue weighted by molar-refractivity contribution is 5.85. The molecule has 2 aromatic rings. The topological polar surface area (TPSA) is 76.8 Å². The third-order valence-corrected chi connectivity index (χ3v) is 4.31. The van der Waals surface area contributed by atoms with Gasteiger partial charge in [-0.15, -0.1) is 12.4 Å². The fourth-order valence-corrected chi connectivity index (χ4v) is 3.04. The van der Waals surface area contributed by atoms with Gasteiger partial charge in [-0.3, -0.25) is 14.2 Å². The van der Waals surface area contributed by atoms with Gasteiger partial charge in [0.15, 0.2) is 0 Å². The predicted octanol–water partition coefficient (Wildman–Crippen LogP) is 1.69. The van der Waals surface area contributed by atoms with Crippen LogP contribution in [-0.4, -0.2) is 38.6 Å². The molecule has 0 saturated carbocycles. The minimum absolute atomic E-state index is 0. The number of hydrogen-bond acceptors (Lipinski definition) is 4. The SMILES string of the molecule is CCCn1cc(CNC(=O)Cn2ccc(C3CCCNC3)n2)cn1.Cl. The number of aromatic nitrogens is 4. The van der Waals surface area contributed by atoms with Crippen LogP contribution in [0, 0.1) is 0 Å². The van der Waals surface area contributed by atoms with Crippen molar-refractivity contribution in [3.8, 4) is 0 Å². The van der Waals surface area contributed by atoms with E-state index in [1.807, 2.05) is 23.1 Å². The van der Waals surface area contributed by atoms with E-state index in [4.69, 9.17) is 0 Å². The van der Waals surface area contributed by atoms with Crippen LogP contribution in [0.15, 0.2) is 24.7 Å². The first-order valence-corrected chi connectivity index (χ1v) is 8.76. The summed E-state index contributed by atoms with van der Waals surface area (Å²) in [6.07, 6.45) is 9.07. The van der Waals surface area contributed by atoms with Gasteiger partial charge in [-0.1, -0.05) is 6.92 Å². The van der Waals surface area contributed by atoms with Gasteiger partial charge in [0, 0.05) is 43.5 Å². The van der Waals surface area contributed by atoms with Crippen LogP contribution in [0.5, 0.6) is 0 Å². The third-order valence-electron chi connectivity index (χ3n) is 4.31. The number of halogens is 1. The fraction of sp³-hybridized carbons (Fsp3) is 0.588. The van der Waals surface area contributed by atoms with Crippen molar-refractivity contribution in [2.45, 2.75) is 51.7 Å². The summed E-state index contributed by atoms with van der Waals surface area (Å²) in [6, 6.07) is 2.03. The van der Waals surface area contributed by atoms with Crippen molar-refractivity contribution in [1.82, 2.24) is 30.2 Å². The quantitative estimate of drug-likeness (QED) is 0.781. The molecule has 0 spiro atoms. The van der Waals surface area contributed by atoms with Gasteiger partial charge in [-0.05, 0) is 31.9 Å². The summed E-state index contributed by atoms with van der Waals surface area (Å²) in [5, 5.41) is 15.1. The van der Waals surface area contributed by atoms with Crippen molar-refractivity contribution in [2.24, 2.45) is 0 Å². The number of piperidine rings is 1. The van der Waals surface area contributed by atoms with E-state index >= 15 is 0 Å². The van der Waals surface area contributed by atoms with Crippen molar-refractivity contribution < 1.29 is 4.79 Å². The highest BCUT2D eigenvalue weighted by atomic mass is 35.5. The van der Waals surface area contributed by atoms with Crippen molar-refractivity contribution in [1.29, 1.82) is 0 Å². The first kappa shape index (κ1) is 19.5. The Balaban J connectivity index is 0.00000225. The molecule has 3 heterocycles. The van der Waals surface area contributed by atoms with Crippen molar-refractivity contribution in [3.05, 3.63) is 35.9 Å². The Hall–Kier alpha value is -1.86. The third kappa shape index (κ3) is 5.57. The van der Waals surface area contributed by atoms with E-state index in [-0.39, 0.29) is 24.9 Å². The van der Waals surface area contributed by atoms with E-state index in [0.29, 0.717) is 12.5 Å². The number of carbonyl (C=O) groups excluding carboxylic acids is 1. The van der Waals surface area contributed by atoms with Gasteiger partial charge in [-0.25, -0.2) is 0 Å². The molecule has 1 unspecified atom stereocenters. The van der Waals surface area contributed by atoms with Crippen LogP contribution in [0.4, 0.5) is 0 Å². The Morgan fingerprint density at radius 1 is 1.44 bits per heavy atom. The van der Waals surface area contributed by atoms with Crippen molar-refractivity contribution in [3.63, 3.8) is 0 Å². The average Bonchev–Trinajstić information content (AvgIpc) is 3.24.